The third kappa shape index (κ3) is 1.21. The lowest BCUT2D eigenvalue weighted by Gasteiger charge is -1.97. The second-order valence-electron chi connectivity index (χ2n) is 2.77. The van der Waals surface area contributed by atoms with Crippen molar-refractivity contribution in [1.29, 1.82) is 5.26 Å². The minimum atomic E-state index is -0.335. The molecule has 1 heterocycles. The zero-order valence-electron chi connectivity index (χ0n) is 7.02. The van der Waals surface area contributed by atoms with E-state index in [2.05, 4.69) is 0 Å². The monoisotopic (exact) mass is 187 g/mol. The van der Waals surface area contributed by atoms with Crippen molar-refractivity contribution >= 4 is 11.0 Å². The Morgan fingerprint density at radius 3 is 2.86 bits per heavy atom. The van der Waals surface area contributed by atoms with Crippen molar-refractivity contribution in [2.24, 2.45) is 0 Å². The number of fused-ring (bicyclic) bond motifs is 1. The molecule has 0 aliphatic rings. The predicted molar refractivity (Wildman–Crippen MR) is 48.9 cm³/mol. The van der Waals surface area contributed by atoms with Crippen LogP contribution in [0.1, 0.15) is 5.76 Å². The average Bonchev–Trinajstić information content (AvgIpc) is 2.19. The molecule has 0 radical (unpaired) electrons. The zero-order chi connectivity index (χ0) is 10.1. The van der Waals surface area contributed by atoms with Crippen LogP contribution in [0.3, 0.4) is 0 Å². The SMILES string of the molecule is N#Cc1cc(=O)c2cc(O)ccc2o1. The van der Waals surface area contributed by atoms with Crippen LogP contribution in [0.5, 0.6) is 5.75 Å². The van der Waals surface area contributed by atoms with Crippen LogP contribution in [0.2, 0.25) is 0 Å². The van der Waals surface area contributed by atoms with Crippen molar-refractivity contribution in [3.05, 3.63) is 40.2 Å². The van der Waals surface area contributed by atoms with E-state index in [0.717, 1.165) is 6.07 Å². The van der Waals surface area contributed by atoms with E-state index in [4.69, 9.17) is 14.8 Å². The summed E-state index contributed by atoms with van der Waals surface area (Å²) in [5.74, 6) is -0.0392. The van der Waals surface area contributed by atoms with Gasteiger partial charge in [0.1, 0.15) is 17.4 Å². The van der Waals surface area contributed by atoms with Crippen LogP contribution in [-0.4, -0.2) is 5.11 Å². The molecule has 0 fully saturated rings. The molecule has 0 atom stereocenters. The molecular weight excluding hydrogens is 182 g/mol. The Hall–Kier alpha value is -2.28. The number of hydrogen-bond donors (Lipinski definition) is 1. The summed E-state index contributed by atoms with van der Waals surface area (Å²) in [7, 11) is 0. The number of phenols is 1. The molecule has 1 N–H and O–H groups in total. The van der Waals surface area contributed by atoms with Gasteiger partial charge in [0.15, 0.2) is 5.43 Å². The number of hydrogen-bond acceptors (Lipinski definition) is 4. The maximum absolute atomic E-state index is 11.4. The fourth-order valence-corrected chi connectivity index (χ4v) is 1.20. The van der Waals surface area contributed by atoms with Gasteiger partial charge < -0.3 is 9.52 Å². The molecule has 0 saturated heterocycles. The lowest BCUT2D eigenvalue weighted by molar-refractivity contribution is 0.475. The Morgan fingerprint density at radius 2 is 2.14 bits per heavy atom. The molecule has 1 aromatic carbocycles. The topological polar surface area (TPSA) is 74.2 Å². The molecule has 0 unspecified atom stereocenters. The smallest absolute Gasteiger partial charge is 0.207 e. The van der Waals surface area contributed by atoms with Gasteiger partial charge in [0.25, 0.3) is 0 Å². The van der Waals surface area contributed by atoms with Crippen molar-refractivity contribution in [2.45, 2.75) is 0 Å². The van der Waals surface area contributed by atoms with Gasteiger partial charge >= 0.3 is 0 Å². The van der Waals surface area contributed by atoms with Crippen molar-refractivity contribution in [3.63, 3.8) is 0 Å². The summed E-state index contributed by atoms with van der Waals surface area (Å²) in [6, 6.07) is 7.00. The number of nitrogens with zero attached hydrogens (tertiary/aromatic N) is 1. The van der Waals surface area contributed by atoms with Crippen LogP contribution >= 0.6 is 0 Å². The van der Waals surface area contributed by atoms with Gasteiger partial charge in [-0.2, -0.15) is 5.26 Å². The third-order valence-electron chi connectivity index (χ3n) is 1.82. The standard InChI is InChI=1S/C10H5NO3/c11-5-7-4-9(13)8-3-6(12)1-2-10(8)14-7/h1-4,12H. The van der Waals surface area contributed by atoms with Gasteiger partial charge in [0, 0.05) is 6.07 Å². The first-order chi connectivity index (χ1) is 6.70. The number of nitriles is 1. The molecule has 0 bridgehead atoms. The normalized spacial score (nSPS) is 9.93. The van der Waals surface area contributed by atoms with Gasteiger partial charge in [-0.05, 0) is 18.2 Å². The van der Waals surface area contributed by atoms with Crippen molar-refractivity contribution in [3.8, 4) is 11.8 Å². The largest absolute Gasteiger partial charge is 0.508 e. The Balaban J connectivity index is 2.92. The lowest BCUT2D eigenvalue weighted by Crippen LogP contribution is -2.00. The number of benzene rings is 1. The van der Waals surface area contributed by atoms with Gasteiger partial charge in [-0.15, -0.1) is 0 Å². The number of rotatable bonds is 0. The summed E-state index contributed by atoms with van der Waals surface area (Å²) >= 11 is 0. The molecule has 0 saturated carbocycles. The summed E-state index contributed by atoms with van der Waals surface area (Å²) in [6.07, 6.45) is 0. The Morgan fingerprint density at radius 1 is 1.36 bits per heavy atom. The fraction of sp³-hybridized carbons (Fsp3) is 0. The van der Waals surface area contributed by atoms with Crippen LogP contribution in [0.25, 0.3) is 11.0 Å². The molecule has 4 nitrogen and oxygen atoms in total. The van der Waals surface area contributed by atoms with Gasteiger partial charge in [-0.3, -0.25) is 4.79 Å². The Kier molecular flexibility index (Phi) is 1.72. The predicted octanol–water partition coefficient (Wildman–Crippen LogP) is 1.37. The number of aromatic hydroxyl groups is 1. The molecule has 4 heteroatoms. The zero-order valence-corrected chi connectivity index (χ0v) is 7.02. The highest BCUT2D eigenvalue weighted by Gasteiger charge is 2.04. The molecule has 0 aliphatic carbocycles. The van der Waals surface area contributed by atoms with Crippen molar-refractivity contribution < 1.29 is 9.52 Å². The summed E-state index contributed by atoms with van der Waals surface area (Å²) in [4.78, 5) is 11.4. The van der Waals surface area contributed by atoms with Crippen LogP contribution in [0.15, 0.2) is 33.5 Å². The quantitative estimate of drug-likeness (QED) is 0.675. The first-order valence-corrected chi connectivity index (χ1v) is 3.87. The van der Waals surface area contributed by atoms with E-state index in [-0.39, 0.29) is 22.3 Å². The third-order valence-corrected chi connectivity index (χ3v) is 1.82. The molecular formula is C10H5NO3. The summed E-state index contributed by atoms with van der Waals surface area (Å²) in [6.45, 7) is 0. The van der Waals surface area contributed by atoms with E-state index >= 15 is 0 Å². The van der Waals surface area contributed by atoms with Gasteiger partial charge in [-0.1, -0.05) is 0 Å². The van der Waals surface area contributed by atoms with E-state index in [0.29, 0.717) is 5.58 Å². The number of phenolic OH excluding ortho intramolecular Hbond substituents is 1. The molecule has 14 heavy (non-hydrogen) atoms. The highest BCUT2D eigenvalue weighted by Crippen LogP contribution is 2.17. The first-order valence-electron chi connectivity index (χ1n) is 3.87. The van der Waals surface area contributed by atoms with E-state index in [9.17, 15) is 4.79 Å². The summed E-state index contributed by atoms with van der Waals surface area (Å²) < 4.78 is 5.07. The Labute approximate surface area is 78.6 Å². The summed E-state index contributed by atoms with van der Waals surface area (Å²) in [5.41, 5.74) is -0.0365. The molecule has 2 rings (SSSR count). The van der Waals surface area contributed by atoms with E-state index in [1.807, 2.05) is 0 Å². The molecule has 68 valence electrons. The van der Waals surface area contributed by atoms with Gasteiger partial charge in [0.2, 0.25) is 5.76 Å². The van der Waals surface area contributed by atoms with Crippen LogP contribution in [-0.2, 0) is 0 Å². The molecule has 0 spiro atoms. The Bertz CT molecular complexity index is 592. The van der Waals surface area contributed by atoms with Crippen LogP contribution in [0.4, 0.5) is 0 Å². The highest BCUT2D eigenvalue weighted by molar-refractivity contribution is 5.78. The molecule has 0 aliphatic heterocycles. The van der Waals surface area contributed by atoms with E-state index in [1.54, 1.807) is 6.07 Å². The van der Waals surface area contributed by atoms with Crippen LogP contribution < -0.4 is 5.43 Å². The van der Waals surface area contributed by atoms with Crippen LogP contribution in [0, 0.1) is 11.3 Å². The molecule has 0 amide bonds. The minimum Gasteiger partial charge on any atom is -0.508 e. The minimum absolute atomic E-state index is 0.00509. The highest BCUT2D eigenvalue weighted by atomic mass is 16.3. The summed E-state index contributed by atoms with van der Waals surface area (Å²) in [5, 5.41) is 17.9. The lowest BCUT2D eigenvalue weighted by atomic mass is 10.2. The maximum atomic E-state index is 11.4. The van der Waals surface area contributed by atoms with E-state index in [1.165, 1.54) is 18.2 Å². The maximum Gasteiger partial charge on any atom is 0.207 e. The average molecular weight is 187 g/mol. The second kappa shape index (κ2) is 2.89. The van der Waals surface area contributed by atoms with E-state index < -0.39 is 0 Å². The first kappa shape index (κ1) is 8.32. The molecule has 2 aromatic rings. The van der Waals surface area contributed by atoms with Gasteiger partial charge in [0.05, 0.1) is 5.39 Å². The second-order valence-corrected chi connectivity index (χ2v) is 2.77. The van der Waals surface area contributed by atoms with Gasteiger partial charge in [-0.25, -0.2) is 0 Å². The van der Waals surface area contributed by atoms with Crippen molar-refractivity contribution in [1.82, 2.24) is 0 Å². The van der Waals surface area contributed by atoms with Crippen molar-refractivity contribution in [2.75, 3.05) is 0 Å². The fourth-order valence-electron chi connectivity index (χ4n) is 1.20. The molecule has 1 aromatic heterocycles.